The second kappa shape index (κ2) is 9.98. The predicted octanol–water partition coefficient (Wildman–Crippen LogP) is 4.70. The zero-order valence-corrected chi connectivity index (χ0v) is 21.6. The van der Waals surface area contributed by atoms with Crippen LogP contribution in [-0.4, -0.2) is 50.4 Å². The van der Waals surface area contributed by atoms with Crippen molar-refractivity contribution in [3.63, 3.8) is 0 Å². The Kier molecular flexibility index (Phi) is 7.50. The average Bonchev–Trinajstić information content (AvgIpc) is 3.20. The number of nitrogens with one attached hydrogen (secondary N) is 2. The number of carbonyl (C=O) groups is 2. The summed E-state index contributed by atoms with van der Waals surface area (Å²) in [5.41, 5.74) is 1.96. The van der Waals surface area contributed by atoms with Crippen molar-refractivity contribution in [3.8, 4) is 5.75 Å². The van der Waals surface area contributed by atoms with Gasteiger partial charge in [-0.2, -0.15) is 0 Å². The highest BCUT2D eigenvalue weighted by Crippen LogP contribution is 2.36. The summed E-state index contributed by atoms with van der Waals surface area (Å²) < 4.78 is 12.3. The van der Waals surface area contributed by atoms with Crippen LogP contribution < -0.4 is 15.4 Å². The van der Waals surface area contributed by atoms with E-state index in [9.17, 15) is 9.59 Å². The fourth-order valence-corrected chi connectivity index (χ4v) is 4.76. The second-order valence-electron chi connectivity index (χ2n) is 9.12. The van der Waals surface area contributed by atoms with Gasteiger partial charge in [0.15, 0.2) is 8.32 Å². The van der Waals surface area contributed by atoms with Crippen LogP contribution in [0.4, 0.5) is 5.69 Å². The number of hydrogen-bond acceptors (Lipinski definition) is 7. The first kappa shape index (κ1) is 24.8. The molecular formula is C23H30N4O4SSi. The van der Waals surface area contributed by atoms with E-state index >= 15 is 0 Å². The molecule has 10 heteroatoms. The van der Waals surface area contributed by atoms with Gasteiger partial charge in [-0.1, -0.05) is 20.8 Å². The molecule has 0 saturated carbocycles. The molecule has 33 heavy (non-hydrogen) atoms. The monoisotopic (exact) mass is 486 g/mol. The van der Waals surface area contributed by atoms with Crippen LogP contribution in [0.25, 0.3) is 10.2 Å². The smallest absolute Gasteiger partial charge is 0.258 e. The molecule has 0 fully saturated rings. The van der Waals surface area contributed by atoms with E-state index in [1.807, 2.05) is 0 Å². The number of amides is 2. The van der Waals surface area contributed by atoms with Crippen molar-refractivity contribution >= 4 is 47.4 Å². The van der Waals surface area contributed by atoms with Crippen molar-refractivity contribution in [2.75, 3.05) is 25.6 Å². The Hall–Kier alpha value is -2.82. The Labute approximate surface area is 198 Å². The number of ether oxygens (including phenoxy) is 1. The Morgan fingerprint density at radius 2 is 1.94 bits per heavy atom. The zero-order chi connectivity index (χ0) is 24.2. The van der Waals surface area contributed by atoms with Crippen molar-refractivity contribution < 1.29 is 18.8 Å². The molecule has 2 aromatic heterocycles. The van der Waals surface area contributed by atoms with E-state index in [0.717, 1.165) is 4.70 Å². The minimum absolute atomic E-state index is 0.118. The number of methoxy groups -OCH3 is 1. The first-order valence-corrected chi connectivity index (χ1v) is 14.4. The molecule has 1 aromatic carbocycles. The maximum absolute atomic E-state index is 12.8. The summed E-state index contributed by atoms with van der Waals surface area (Å²) in [6.45, 7) is 11.8. The van der Waals surface area contributed by atoms with Crippen LogP contribution in [0, 0.1) is 0 Å². The van der Waals surface area contributed by atoms with Crippen molar-refractivity contribution in [1.82, 2.24) is 15.3 Å². The third-order valence-corrected chi connectivity index (χ3v) is 11.3. The summed E-state index contributed by atoms with van der Waals surface area (Å²) in [5, 5.41) is 7.58. The number of benzene rings is 1. The molecule has 0 aliphatic rings. The molecule has 8 nitrogen and oxygen atoms in total. The molecule has 0 saturated heterocycles. The molecule has 0 atom stereocenters. The summed E-state index contributed by atoms with van der Waals surface area (Å²) >= 11 is 1.40. The third-order valence-electron chi connectivity index (χ3n) is 5.85. The van der Waals surface area contributed by atoms with Gasteiger partial charge < -0.3 is 19.8 Å². The van der Waals surface area contributed by atoms with Crippen LogP contribution in [0.1, 0.15) is 41.5 Å². The first-order valence-electron chi connectivity index (χ1n) is 10.6. The van der Waals surface area contributed by atoms with Gasteiger partial charge in [-0.05, 0) is 36.3 Å². The molecule has 0 spiro atoms. The molecule has 2 N–H and O–H groups in total. The quantitative estimate of drug-likeness (QED) is 0.353. The normalized spacial score (nSPS) is 11.9. The summed E-state index contributed by atoms with van der Waals surface area (Å²) in [6, 6.07) is 4.91. The van der Waals surface area contributed by atoms with Crippen molar-refractivity contribution in [2.24, 2.45) is 0 Å². The van der Waals surface area contributed by atoms with Gasteiger partial charge in [-0.25, -0.2) is 9.97 Å². The Balaban J connectivity index is 1.63. The van der Waals surface area contributed by atoms with Crippen molar-refractivity contribution in [1.29, 1.82) is 0 Å². The maximum atomic E-state index is 12.8. The fourth-order valence-electron chi connectivity index (χ4n) is 2.86. The number of rotatable bonds is 8. The van der Waals surface area contributed by atoms with Gasteiger partial charge >= 0.3 is 0 Å². The van der Waals surface area contributed by atoms with Crippen LogP contribution in [0.15, 0.2) is 36.1 Å². The van der Waals surface area contributed by atoms with Crippen molar-refractivity contribution in [3.05, 3.63) is 47.2 Å². The molecular weight excluding hydrogens is 456 g/mol. The SMILES string of the molecule is COc1cc(C(=O)NCCO[Si](C)(C)C(C)(C)C)ccc1NC(=O)c1csc2cncnc12. The lowest BCUT2D eigenvalue weighted by molar-refractivity contribution is 0.0945. The molecule has 0 unspecified atom stereocenters. The number of anilines is 1. The Morgan fingerprint density at radius 3 is 2.64 bits per heavy atom. The predicted molar refractivity (Wildman–Crippen MR) is 134 cm³/mol. The molecule has 0 aliphatic carbocycles. The lowest BCUT2D eigenvalue weighted by atomic mass is 10.1. The van der Waals surface area contributed by atoms with Crippen LogP contribution in [-0.2, 0) is 4.43 Å². The van der Waals surface area contributed by atoms with E-state index in [2.05, 4.69) is 54.5 Å². The topological polar surface area (TPSA) is 102 Å². The third kappa shape index (κ3) is 5.76. The molecule has 3 aromatic rings. The van der Waals surface area contributed by atoms with Gasteiger partial charge in [0.2, 0.25) is 0 Å². The minimum Gasteiger partial charge on any atom is -0.495 e. The highest BCUT2D eigenvalue weighted by Gasteiger charge is 2.36. The highest BCUT2D eigenvalue weighted by molar-refractivity contribution is 7.17. The summed E-state index contributed by atoms with van der Waals surface area (Å²) in [7, 11) is -0.360. The zero-order valence-electron chi connectivity index (χ0n) is 19.8. The minimum atomic E-state index is -1.85. The number of thiophene rings is 1. The molecule has 2 amide bonds. The van der Waals surface area contributed by atoms with E-state index in [1.54, 1.807) is 29.8 Å². The Bertz CT molecular complexity index is 1160. The Morgan fingerprint density at radius 1 is 1.18 bits per heavy atom. The summed E-state index contributed by atoms with van der Waals surface area (Å²) in [6.07, 6.45) is 3.09. The van der Waals surface area contributed by atoms with Gasteiger partial charge in [0.25, 0.3) is 11.8 Å². The van der Waals surface area contributed by atoms with Gasteiger partial charge in [-0.3, -0.25) is 9.59 Å². The average molecular weight is 487 g/mol. The number of nitrogens with zero attached hydrogens (tertiary/aromatic N) is 2. The van der Waals surface area contributed by atoms with E-state index < -0.39 is 8.32 Å². The van der Waals surface area contributed by atoms with E-state index in [-0.39, 0.29) is 16.9 Å². The van der Waals surface area contributed by atoms with Crippen LogP contribution >= 0.6 is 11.3 Å². The molecule has 176 valence electrons. The lowest BCUT2D eigenvalue weighted by Gasteiger charge is -2.36. The number of fused-ring (bicyclic) bond motifs is 1. The fraction of sp³-hybridized carbons (Fsp3) is 0.391. The van der Waals surface area contributed by atoms with Crippen LogP contribution in [0.5, 0.6) is 5.75 Å². The van der Waals surface area contributed by atoms with Gasteiger partial charge in [0.05, 0.1) is 35.2 Å². The van der Waals surface area contributed by atoms with Crippen LogP contribution in [0.3, 0.4) is 0 Å². The van der Waals surface area contributed by atoms with E-state index in [4.69, 9.17) is 9.16 Å². The first-order chi connectivity index (χ1) is 15.5. The van der Waals surface area contributed by atoms with E-state index in [1.165, 1.54) is 24.8 Å². The van der Waals surface area contributed by atoms with Gasteiger partial charge in [0.1, 0.15) is 12.1 Å². The summed E-state index contributed by atoms with van der Waals surface area (Å²) in [5.74, 6) is -0.147. The summed E-state index contributed by atoms with van der Waals surface area (Å²) in [4.78, 5) is 33.6. The largest absolute Gasteiger partial charge is 0.495 e. The molecule has 0 radical (unpaired) electrons. The molecule has 2 heterocycles. The molecule has 3 rings (SSSR count). The van der Waals surface area contributed by atoms with Gasteiger partial charge in [-0.15, -0.1) is 11.3 Å². The molecule has 0 bridgehead atoms. The highest BCUT2D eigenvalue weighted by atomic mass is 32.1. The van der Waals surface area contributed by atoms with Crippen LogP contribution in [0.2, 0.25) is 18.1 Å². The van der Waals surface area contributed by atoms with Crippen molar-refractivity contribution in [2.45, 2.75) is 38.9 Å². The van der Waals surface area contributed by atoms with Gasteiger partial charge in [0, 0.05) is 23.7 Å². The number of carbonyl (C=O) groups excluding carboxylic acids is 2. The number of aromatic nitrogens is 2. The number of hydrogen-bond donors (Lipinski definition) is 2. The maximum Gasteiger partial charge on any atom is 0.258 e. The van der Waals surface area contributed by atoms with E-state index in [0.29, 0.717) is 41.2 Å². The second-order valence-corrected chi connectivity index (χ2v) is 14.8. The molecule has 0 aliphatic heterocycles. The lowest BCUT2D eigenvalue weighted by Crippen LogP contribution is -2.42. The standard InChI is InChI=1S/C23H30N4O4SSi/c1-23(2,3)33(5,6)31-10-9-25-21(28)15-7-8-17(18(11-15)30-4)27-22(29)16-13-32-19-12-24-14-26-20(16)19/h7-8,11-14H,9-10H2,1-6H3,(H,25,28)(H,27,29).